The van der Waals surface area contributed by atoms with Gasteiger partial charge in [-0.25, -0.2) is 4.79 Å². The Morgan fingerprint density at radius 3 is 2.60 bits per heavy atom. The average molecular weight is 792 g/mol. The van der Waals surface area contributed by atoms with Gasteiger partial charge in [0.2, 0.25) is 12.1 Å². The lowest BCUT2D eigenvalue weighted by atomic mass is 9.55. The molecule has 1 saturated carbocycles. The molecule has 0 spiro atoms. The van der Waals surface area contributed by atoms with Crippen LogP contribution in [0.25, 0.3) is 0 Å². The molecule has 0 aromatic heterocycles. The van der Waals surface area contributed by atoms with Crippen molar-refractivity contribution in [3.05, 3.63) is 82.4 Å². The Balaban J connectivity index is 1.57. The smallest absolute Gasteiger partial charge is 0.409 e. The van der Waals surface area contributed by atoms with Gasteiger partial charge in [0.15, 0.2) is 0 Å². The number of aliphatic hydroxyl groups is 2. The fourth-order valence-electron chi connectivity index (χ4n) is 9.16. The zero-order valence-electron chi connectivity index (χ0n) is 33.1. The molecule has 7 atom stereocenters. The Labute approximate surface area is 334 Å². The van der Waals surface area contributed by atoms with E-state index in [9.17, 15) is 25.1 Å². The van der Waals surface area contributed by atoms with E-state index in [2.05, 4.69) is 12.7 Å². The summed E-state index contributed by atoms with van der Waals surface area (Å²) in [6.45, 7) is 7.21. The van der Waals surface area contributed by atoms with E-state index in [0.717, 1.165) is 49.7 Å². The van der Waals surface area contributed by atoms with Crippen LogP contribution in [0.5, 0.6) is 17.2 Å². The molecule has 2 aliphatic carbocycles. The number of allylic oxidation sites excluding steroid dienone is 1. The number of ether oxygens (including phenoxy) is 5. The molecule has 0 radical (unpaired) electrons. The van der Waals surface area contributed by atoms with Crippen LogP contribution >= 0.6 is 0 Å². The van der Waals surface area contributed by atoms with Crippen LogP contribution in [-0.4, -0.2) is 90.0 Å². The van der Waals surface area contributed by atoms with Crippen LogP contribution in [0, 0.1) is 27.9 Å². The Bertz CT molecular complexity index is 1760. The van der Waals surface area contributed by atoms with Crippen molar-refractivity contribution in [1.29, 1.82) is 0 Å². The summed E-state index contributed by atoms with van der Waals surface area (Å²) in [5.74, 6) is -0.808. The summed E-state index contributed by atoms with van der Waals surface area (Å²) in [7, 11) is 1.37. The lowest BCUT2D eigenvalue weighted by Crippen LogP contribution is -2.70. The molecule has 57 heavy (non-hydrogen) atoms. The SMILES string of the molecule is C=CCOC12Oc3ccc(Oc4cccc([N+](=O)[O-])c4)cc3C3C(CCCCO)C(CCCCO)C=C(C(=NOC4CCCCO4)CC1N(CCC)C(=O)OC)C32. The molecule has 2 heterocycles. The van der Waals surface area contributed by atoms with E-state index < -0.39 is 35.1 Å². The van der Waals surface area contributed by atoms with Crippen molar-refractivity contribution in [3.63, 3.8) is 0 Å². The first-order valence-electron chi connectivity index (χ1n) is 20.4. The number of nitro groups is 1. The van der Waals surface area contributed by atoms with Gasteiger partial charge < -0.3 is 38.7 Å². The van der Waals surface area contributed by atoms with Crippen molar-refractivity contribution in [2.24, 2.45) is 22.9 Å². The standard InChI is InChI=1S/C43H57N3O11/c1-4-20-45(42(49)52-3)38-28-36(44-57-39-17-8-11-24-53-39)34-25-29(13-6-9-21-47)33(16-7-10-22-48)40-35-27-32(55-31-15-12-14-30(26-31)46(50)51)18-19-37(35)56-43(38,41(34)40)54-23-5-2/h5,12,14-15,18-19,25-27,29,33,38-41,47-48H,2,4,6-11,13,16-17,20-24,28H2,1,3H3. The van der Waals surface area contributed by atoms with Gasteiger partial charge in [-0.1, -0.05) is 43.1 Å². The average Bonchev–Trinajstić information content (AvgIpc) is 3.23. The summed E-state index contributed by atoms with van der Waals surface area (Å²) < 4.78 is 31.8. The number of nitrogens with zero attached hydrogens (tertiary/aromatic N) is 3. The molecule has 310 valence electrons. The molecule has 4 aliphatic rings. The van der Waals surface area contributed by atoms with Crippen LogP contribution in [0.2, 0.25) is 0 Å². The molecule has 2 aromatic carbocycles. The van der Waals surface area contributed by atoms with Gasteiger partial charge in [0.05, 0.1) is 42.9 Å². The second-order valence-corrected chi connectivity index (χ2v) is 15.2. The van der Waals surface area contributed by atoms with Crippen molar-refractivity contribution in [3.8, 4) is 17.2 Å². The second-order valence-electron chi connectivity index (χ2n) is 15.2. The molecule has 2 fully saturated rings. The van der Waals surface area contributed by atoms with E-state index in [1.165, 1.54) is 19.2 Å². The molecule has 1 saturated heterocycles. The maximum absolute atomic E-state index is 13.8. The topological polar surface area (TPSA) is 172 Å². The minimum atomic E-state index is -1.42. The van der Waals surface area contributed by atoms with E-state index in [1.807, 2.05) is 19.1 Å². The Morgan fingerprint density at radius 2 is 1.89 bits per heavy atom. The number of unbranched alkanes of at least 4 members (excludes halogenated alkanes) is 2. The molecule has 2 aliphatic heterocycles. The largest absolute Gasteiger partial charge is 0.459 e. The first kappa shape index (κ1) is 42.1. The van der Waals surface area contributed by atoms with Gasteiger partial charge in [0.1, 0.15) is 23.3 Å². The number of nitro benzene ring substituents is 1. The predicted molar refractivity (Wildman–Crippen MR) is 212 cm³/mol. The number of rotatable bonds is 19. The highest BCUT2D eigenvalue weighted by Gasteiger charge is 2.65. The molecule has 1 amide bonds. The Hall–Kier alpha value is -4.50. The molecule has 0 bridgehead atoms. The van der Waals surface area contributed by atoms with E-state index in [1.54, 1.807) is 29.2 Å². The van der Waals surface area contributed by atoms with E-state index in [0.29, 0.717) is 61.8 Å². The zero-order chi connectivity index (χ0) is 40.4. The summed E-state index contributed by atoms with van der Waals surface area (Å²) in [4.78, 5) is 32.8. The molecule has 6 rings (SSSR count). The first-order chi connectivity index (χ1) is 27.8. The molecular weight excluding hydrogens is 734 g/mol. The van der Waals surface area contributed by atoms with Crippen LogP contribution in [0.4, 0.5) is 10.5 Å². The zero-order valence-corrected chi connectivity index (χ0v) is 33.1. The summed E-state index contributed by atoms with van der Waals surface area (Å²) in [5.41, 5.74) is 2.35. The number of carbonyl (C=O) groups excluding carboxylic acids is 1. The predicted octanol–water partition coefficient (Wildman–Crippen LogP) is 8.03. The van der Waals surface area contributed by atoms with E-state index in [4.69, 9.17) is 33.7 Å². The van der Waals surface area contributed by atoms with Gasteiger partial charge in [-0.2, -0.15) is 0 Å². The minimum absolute atomic E-state index is 0.00626. The fourth-order valence-corrected chi connectivity index (χ4v) is 9.16. The van der Waals surface area contributed by atoms with Crippen molar-refractivity contribution in [2.75, 3.05) is 40.1 Å². The number of amides is 1. The first-order valence-corrected chi connectivity index (χ1v) is 20.4. The molecule has 2 N–H and O–H groups in total. The molecule has 2 aromatic rings. The van der Waals surface area contributed by atoms with Gasteiger partial charge >= 0.3 is 6.09 Å². The van der Waals surface area contributed by atoms with Crippen molar-refractivity contribution in [1.82, 2.24) is 4.90 Å². The van der Waals surface area contributed by atoms with Crippen molar-refractivity contribution < 1.29 is 48.5 Å². The number of non-ortho nitro benzene ring substituents is 1. The van der Waals surface area contributed by atoms with Gasteiger partial charge in [0, 0.05) is 50.1 Å². The monoisotopic (exact) mass is 791 g/mol. The van der Waals surface area contributed by atoms with Crippen molar-refractivity contribution >= 4 is 17.5 Å². The van der Waals surface area contributed by atoms with Gasteiger partial charge in [-0.3, -0.25) is 15.0 Å². The summed E-state index contributed by atoms with van der Waals surface area (Å²) in [6.07, 6.45) is 10.9. The lowest BCUT2D eigenvalue weighted by molar-refractivity contribution is -0.384. The van der Waals surface area contributed by atoms with Gasteiger partial charge in [-0.15, -0.1) is 6.58 Å². The van der Waals surface area contributed by atoms with Crippen LogP contribution in [-0.2, 0) is 19.0 Å². The number of aliphatic hydroxyl groups excluding tert-OH is 2. The van der Waals surface area contributed by atoms with Crippen LogP contribution in [0.3, 0.4) is 0 Å². The quantitative estimate of drug-likeness (QED) is 0.0611. The summed E-state index contributed by atoms with van der Waals surface area (Å²) >= 11 is 0. The number of hydrogen-bond donors (Lipinski definition) is 2. The summed E-state index contributed by atoms with van der Waals surface area (Å²) in [6, 6.07) is 10.9. The minimum Gasteiger partial charge on any atom is -0.459 e. The fraction of sp³-hybridized carbons (Fsp3) is 0.581. The maximum atomic E-state index is 13.8. The molecule has 14 nitrogen and oxygen atoms in total. The van der Waals surface area contributed by atoms with Crippen LogP contribution < -0.4 is 9.47 Å². The number of benzene rings is 2. The number of fused-ring (bicyclic) bond motifs is 2. The highest BCUT2D eigenvalue weighted by Crippen LogP contribution is 2.62. The van der Waals surface area contributed by atoms with Crippen LogP contribution in [0.15, 0.2) is 71.9 Å². The number of hydrogen-bond acceptors (Lipinski definition) is 12. The van der Waals surface area contributed by atoms with Crippen LogP contribution in [0.1, 0.15) is 89.0 Å². The van der Waals surface area contributed by atoms with E-state index in [-0.39, 0.29) is 49.7 Å². The third kappa shape index (κ3) is 9.30. The summed E-state index contributed by atoms with van der Waals surface area (Å²) in [5, 5.41) is 36.2. The maximum Gasteiger partial charge on any atom is 0.409 e. The van der Waals surface area contributed by atoms with Gasteiger partial charge in [0.25, 0.3) is 5.69 Å². The van der Waals surface area contributed by atoms with E-state index >= 15 is 0 Å². The van der Waals surface area contributed by atoms with Crippen molar-refractivity contribution in [2.45, 2.75) is 102 Å². The highest BCUT2D eigenvalue weighted by atomic mass is 16.8. The highest BCUT2D eigenvalue weighted by molar-refractivity contribution is 6.03. The lowest BCUT2D eigenvalue weighted by Gasteiger charge is -2.59. The Kier molecular flexibility index (Phi) is 14.6. The normalized spacial score (nSPS) is 26.9. The number of methoxy groups -OCH3 is 1. The molecule has 7 unspecified atom stereocenters. The number of oxime groups is 1. The Morgan fingerprint density at radius 1 is 1.11 bits per heavy atom. The third-order valence-corrected chi connectivity index (χ3v) is 11.6. The molecular formula is C43H57N3O11. The number of carbonyl (C=O) groups is 1. The van der Waals surface area contributed by atoms with Gasteiger partial charge in [-0.05, 0) is 86.6 Å². The third-order valence-electron chi connectivity index (χ3n) is 11.6. The second kappa shape index (κ2) is 19.8. The molecule has 14 heteroatoms.